The van der Waals surface area contributed by atoms with Crippen molar-refractivity contribution in [3.05, 3.63) is 58.7 Å². The molecule has 20 heavy (non-hydrogen) atoms. The van der Waals surface area contributed by atoms with Crippen LogP contribution in [0.3, 0.4) is 0 Å². The molecule has 0 fully saturated rings. The molecule has 1 unspecified atom stereocenters. The maximum absolute atomic E-state index is 4.78. The summed E-state index contributed by atoms with van der Waals surface area (Å²) in [4.78, 5) is 9.33. The Bertz CT molecular complexity index is 590. The standard InChI is InChI=1S/C17H21N3/c1-12-6-8-13(9-7-12)10-17-19-11-14-15(18-2)4-3-5-16(14)20-17/h6-9,11,15,18H,3-5,10H2,1-2H3. The Morgan fingerprint density at radius 3 is 2.80 bits per heavy atom. The van der Waals surface area contributed by atoms with Crippen LogP contribution in [0.2, 0.25) is 0 Å². The van der Waals surface area contributed by atoms with Gasteiger partial charge in [0.1, 0.15) is 5.82 Å². The third-order valence-corrected chi connectivity index (χ3v) is 4.06. The zero-order valence-electron chi connectivity index (χ0n) is 12.2. The fourth-order valence-electron chi connectivity index (χ4n) is 2.86. The normalized spacial score (nSPS) is 17.8. The molecule has 3 nitrogen and oxygen atoms in total. The van der Waals surface area contributed by atoms with Gasteiger partial charge in [-0.25, -0.2) is 9.97 Å². The highest BCUT2D eigenvalue weighted by molar-refractivity contribution is 5.27. The minimum atomic E-state index is 0.423. The number of benzene rings is 1. The molecule has 104 valence electrons. The highest BCUT2D eigenvalue weighted by Gasteiger charge is 2.20. The van der Waals surface area contributed by atoms with Crippen LogP contribution in [-0.2, 0) is 12.8 Å². The second-order valence-corrected chi connectivity index (χ2v) is 5.58. The van der Waals surface area contributed by atoms with Crippen molar-refractivity contribution in [1.82, 2.24) is 15.3 Å². The molecular formula is C17H21N3. The topological polar surface area (TPSA) is 37.8 Å². The summed E-state index contributed by atoms with van der Waals surface area (Å²) in [5.74, 6) is 0.935. The molecule has 1 atom stereocenters. The van der Waals surface area contributed by atoms with E-state index in [-0.39, 0.29) is 0 Å². The van der Waals surface area contributed by atoms with Crippen LogP contribution >= 0.6 is 0 Å². The van der Waals surface area contributed by atoms with Gasteiger partial charge in [0.2, 0.25) is 0 Å². The van der Waals surface area contributed by atoms with Crippen LogP contribution in [0.1, 0.15) is 47.1 Å². The summed E-state index contributed by atoms with van der Waals surface area (Å²) in [6.07, 6.45) is 6.31. The minimum Gasteiger partial charge on any atom is -0.313 e. The van der Waals surface area contributed by atoms with E-state index in [2.05, 4.69) is 41.5 Å². The van der Waals surface area contributed by atoms with Crippen molar-refractivity contribution < 1.29 is 0 Å². The summed E-state index contributed by atoms with van der Waals surface area (Å²) in [7, 11) is 2.01. The number of nitrogens with zero attached hydrogens (tertiary/aromatic N) is 2. The van der Waals surface area contributed by atoms with Crippen molar-refractivity contribution in [2.24, 2.45) is 0 Å². The lowest BCUT2D eigenvalue weighted by atomic mass is 9.92. The van der Waals surface area contributed by atoms with Crippen molar-refractivity contribution in [2.75, 3.05) is 7.05 Å². The van der Waals surface area contributed by atoms with Crippen LogP contribution < -0.4 is 5.32 Å². The average molecular weight is 267 g/mol. The number of fused-ring (bicyclic) bond motifs is 1. The van der Waals surface area contributed by atoms with Gasteiger partial charge in [0.05, 0.1) is 0 Å². The van der Waals surface area contributed by atoms with Crippen molar-refractivity contribution >= 4 is 0 Å². The number of nitrogens with one attached hydrogen (secondary N) is 1. The summed E-state index contributed by atoms with van der Waals surface area (Å²) in [6, 6.07) is 9.03. The lowest BCUT2D eigenvalue weighted by Crippen LogP contribution is -2.23. The second kappa shape index (κ2) is 5.71. The number of hydrogen-bond donors (Lipinski definition) is 1. The van der Waals surface area contributed by atoms with Gasteiger partial charge in [0.25, 0.3) is 0 Å². The summed E-state index contributed by atoms with van der Waals surface area (Å²) in [5.41, 5.74) is 5.08. The second-order valence-electron chi connectivity index (χ2n) is 5.58. The van der Waals surface area contributed by atoms with Gasteiger partial charge in [-0.3, -0.25) is 0 Å². The SMILES string of the molecule is CNC1CCCc2nc(Cc3ccc(C)cc3)ncc21. The first-order chi connectivity index (χ1) is 9.76. The average Bonchev–Trinajstić information content (AvgIpc) is 2.49. The summed E-state index contributed by atoms with van der Waals surface area (Å²) >= 11 is 0. The third-order valence-electron chi connectivity index (χ3n) is 4.06. The molecule has 1 heterocycles. The molecule has 0 saturated carbocycles. The zero-order valence-corrected chi connectivity index (χ0v) is 12.2. The van der Waals surface area contributed by atoms with E-state index in [0.29, 0.717) is 6.04 Å². The molecule has 0 saturated heterocycles. The van der Waals surface area contributed by atoms with Crippen LogP contribution in [0.15, 0.2) is 30.5 Å². The molecule has 0 amide bonds. The van der Waals surface area contributed by atoms with Gasteiger partial charge < -0.3 is 5.32 Å². The summed E-state index contributed by atoms with van der Waals surface area (Å²) in [6.45, 7) is 2.11. The smallest absolute Gasteiger partial charge is 0.132 e. The Balaban J connectivity index is 1.83. The number of aryl methyl sites for hydroxylation is 2. The van der Waals surface area contributed by atoms with Crippen LogP contribution in [0.25, 0.3) is 0 Å². The van der Waals surface area contributed by atoms with Crippen LogP contribution in [-0.4, -0.2) is 17.0 Å². The van der Waals surface area contributed by atoms with E-state index in [9.17, 15) is 0 Å². The fraction of sp³-hybridized carbons (Fsp3) is 0.412. The van der Waals surface area contributed by atoms with E-state index >= 15 is 0 Å². The molecule has 0 aliphatic heterocycles. The predicted molar refractivity (Wildman–Crippen MR) is 80.8 cm³/mol. The van der Waals surface area contributed by atoms with Gasteiger partial charge in [0, 0.05) is 29.9 Å². The number of rotatable bonds is 3. The quantitative estimate of drug-likeness (QED) is 0.929. The van der Waals surface area contributed by atoms with Crippen LogP contribution in [0.4, 0.5) is 0 Å². The maximum atomic E-state index is 4.78. The minimum absolute atomic E-state index is 0.423. The monoisotopic (exact) mass is 267 g/mol. The predicted octanol–water partition coefficient (Wildman–Crippen LogP) is 2.97. The van der Waals surface area contributed by atoms with E-state index in [1.54, 1.807) is 0 Å². The Labute approximate surface area is 120 Å². The lowest BCUT2D eigenvalue weighted by molar-refractivity contribution is 0.485. The van der Waals surface area contributed by atoms with Gasteiger partial charge in [-0.1, -0.05) is 29.8 Å². The highest BCUT2D eigenvalue weighted by atomic mass is 14.9. The maximum Gasteiger partial charge on any atom is 0.132 e. The molecule has 1 aromatic heterocycles. The Kier molecular flexibility index (Phi) is 3.79. The first-order valence-electron chi connectivity index (χ1n) is 7.34. The Hall–Kier alpha value is -1.74. The fourth-order valence-corrected chi connectivity index (χ4v) is 2.86. The van der Waals surface area contributed by atoms with Crippen molar-refractivity contribution in [2.45, 2.75) is 38.6 Å². The highest BCUT2D eigenvalue weighted by Crippen LogP contribution is 2.27. The zero-order chi connectivity index (χ0) is 13.9. The first kappa shape index (κ1) is 13.3. The molecular weight excluding hydrogens is 246 g/mol. The molecule has 3 rings (SSSR count). The largest absolute Gasteiger partial charge is 0.313 e. The van der Waals surface area contributed by atoms with E-state index in [1.165, 1.54) is 35.2 Å². The van der Waals surface area contributed by atoms with Crippen LogP contribution in [0.5, 0.6) is 0 Å². The summed E-state index contributed by atoms with van der Waals surface area (Å²) < 4.78 is 0. The first-order valence-corrected chi connectivity index (χ1v) is 7.34. The van der Waals surface area contributed by atoms with Gasteiger partial charge in [0.15, 0.2) is 0 Å². The molecule has 1 aliphatic rings. The number of aromatic nitrogens is 2. The van der Waals surface area contributed by atoms with Gasteiger partial charge in [-0.15, -0.1) is 0 Å². The molecule has 3 heteroatoms. The van der Waals surface area contributed by atoms with Gasteiger partial charge in [-0.05, 0) is 38.8 Å². The molecule has 1 aromatic carbocycles. The van der Waals surface area contributed by atoms with E-state index in [0.717, 1.165) is 18.7 Å². The van der Waals surface area contributed by atoms with Crippen LogP contribution in [0, 0.1) is 6.92 Å². The lowest BCUT2D eigenvalue weighted by Gasteiger charge is -2.24. The van der Waals surface area contributed by atoms with E-state index in [1.807, 2.05) is 13.2 Å². The Morgan fingerprint density at radius 2 is 2.05 bits per heavy atom. The van der Waals surface area contributed by atoms with Crippen molar-refractivity contribution in [3.8, 4) is 0 Å². The van der Waals surface area contributed by atoms with Gasteiger partial charge >= 0.3 is 0 Å². The number of hydrogen-bond acceptors (Lipinski definition) is 3. The molecule has 2 aromatic rings. The molecule has 0 radical (unpaired) electrons. The molecule has 1 N–H and O–H groups in total. The third kappa shape index (κ3) is 2.73. The van der Waals surface area contributed by atoms with Crippen molar-refractivity contribution in [3.63, 3.8) is 0 Å². The molecule has 1 aliphatic carbocycles. The van der Waals surface area contributed by atoms with E-state index in [4.69, 9.17) is 4.98 Å². The van der Waals surface area contributed by atoms with E-state index < -0.39 is 0 Å². The van der Waals surface area contributed by atoms with Crippen molar-refractivity contribution in [1.29, 1.82) is 0 Å². The molecule has 0 spiro atoms. The molecule has 0 bridgehead atoms. The van der Waals surface area contributed by atoms with Gasteiger partial charge in [-0.2, -0.15) is 0 Å². The summed E-state index contributed by atoms with van der Waals surface area (Å²) in [5, 5.41) is 3.36. The Morgan fingerprint density at radius 1 is 1.25 bits per heavy atom.